The molecule has 0 aliphatic carbocycles. The van der Waals surface area contributed by atoms with Crippen molar-refractivity contribution < 1.29 is 13.2 Å². The zero-order valence-corrected chi connectivity index (χ0v) is 15.6. The van der Waals surface area contributed by atoms with Crippen molar-refractivity contribution in [3.8, 4) is 0 Å². The molecule has 3 rings (SSSR count). The Morgan fingerprint density at radius 3 is 2.50 bits per heavy atom. The average molecular weight is 356 g/mol. The molecule has 0 saturated carbocycles. The van der Waals surface area contributed by atoms with Crippen LogP contribution in [0.25, 0.3) is 0 Å². The summed E-state index contributed by atoms with van der Waals surface area (Å²) < 4.78 is 34.0. The van der Waals surface area contributed by atoms with Crippen LogP contribution in [0, 0.1) is 6.92 Å². The predicted octanol–water partition coefficient (Wildman–Crippen LogP) is 2.46. The summed E-state index contributed by atoms with van der Waals surface area (Å²) >= 11 is 0. The smallest absolute Gasteiger partial charge is 0.214 e. The number of sulfonamides is 1. The maximum absolute atomic E-state index is 12.3. The number of ether oxygens (including phenoxy) is 1. The van der Waals surface area contributed by atoms with Gasteiger partial charge in [0.05, 0.1) is 5.75 Å². The van der Waals surface area contributed by atoms with E-state index in [9.17, 15) is 8.42 Å². The number of hydrogen-bond acceptors (Lipinski definition) is 4. The van der Waals surface area contributed by atoms with Gasteiger partial charge in [0.15, 0.2) is 0 Å². The molecular weight excluding hydrogens is 326 g/mol. The van der Waals surface area contributed by atoms with Crippen molar-refractivity contribution >= 4 is 10.0 Å². The van der Waals surface area contributed by atoms with E-state index < -0.39 is 10.0 Å². The van der Waals surface area contributed by atoms with Gasteiger partial charge in [0.1, 0.15) is 5.82 Å². The summed E-state index contributed by atoms with van der Waals surface area (Å²) in [6, 6.07) is 0.360. The molecule has 0 unspecified atom stereocenters. The molecule has 0 amide bonds. The number of nitrogens with zero attached hydrogens (tertiary/aromatic N) is 3. The van der Waals surface area contributed by atoms with Crippen molar-refractivity contribution in [3.05, 3.63) is 17.7 Å². The standard InChI is InChI=1S/C17H29N3O3S/c1-3-12-24(21,22)19-8-4-16(5-9-19)20-14(2)13-18-17(20)15-6-10-23-11-7-15/h13,15-16H,3-12H2,1-2H3. The lowest BCUT2D eigenvalue weighted by molar-refractivity contribution is 0.0820. The fourth-order valence-electron chi connectivity index (χ4n) is 3.96. The average Bonchev–Trinajstić information content (AvgIpc) is 2.97. The van der Waals surface area contributed by atoms with Crippen LogP contribution in [0.15, 0.2) is 6.20 Å². The molecule has 0 atom stereocenters. The van der Waals surface area contributed by atoms with Gasteiger partial charge in [-0.25, -0.2) is 17.7 Å². The minimum Gasteiger partial charge on any atom is -0.381 e. The van der Waals surface area contributed by atoms with Gasteiger partial charge in [-0.2, -0.15) is 0 Å². The Balaban J connectivity index is 1.71. The molecule has 2 saturated heterocycles. The van der Waals surface area contributed by atoms with Gasteiger partial charge in [-0.1, -0.05) is 6.92 Å². The fourth-order valence-corrected chi connectivity index (χ4v) is 5.50. The van der Waals surface area contributed by atoms with E-state index in [2.05, 4.69) is 16.5 Å². The molecule has 7 heteroatoms. The summed E-state index contributed by atoms with van der Waals surface area (Å²) in [6.07, 6.45) is 6.44. The Hall–Kier alpha value is -0.920. The highest BCUT2D eigenvalue weighted by atomic mass is 32.2. The Bertz CT molecular complexity index is 642. The maximum Gasteiger partial charge on any atom is 0.214 e. The number of aromatic nitrogens is 2. The first kappa shape index (κ1) is 17.9. The second-order valence-electron chi connectivity index (χ2n) is 6.96. The maximum atomic E-state index is 12.3. The van der Waals surface area contributed by atoms with Crippen LogP contribution in [0.5, 0.6) is 0 Å². The van der Waals surface area contributed by atoms with Crippen molar-refractivity contribution in [2.45, 2.75) is 57.9 Å². The molecule has 2 fully saturated rings. The van der Waals surface area contributed by atoms with Gasteiger partial charge in [-0.3, -0.25) is 0 Å². The molecule has 0 bridgehead atoms. The molecule has 0 radical (unpaired) electrons. The molecule has 24 heavy (non-hydrogen) atoms. The summed E-state index contributed by atoms with van der Waals surface area (Å²) in [5.74, 6) is 1.90. The van der Waals surface area contributed by atoms with Crippen LogP contribution in [0.3, 0.4) is 0 Å². The molecule has 2 aliphatic rings. The van der Waals surface area contributed by atoms with E-state index in [0.29, 0.717) is 31.5 Å². The lowest BCUT2D eigenvalue weighted by atomic mass is 9.98. The van der Waals surface area contributed by atoms with E-state index in [0.717, 1.165) is 38.9 Å². The van der Waals surface area contributed by atoms with E-state index in [1.165, 1.54) is 11.5 Å². The van der Waals surface area contributed by atoms with Crippen LogP contribution in [0.4, 0.5) is 0 Å². The van der Waals surface area contributed by atoms with Crippen LogP contribution < -0.4 is 0 Å². The van der Waals surface area contributed by atoms with Gasteiger partial charge < -0.3 is 9.30 Å². The van der Waals surface area contributed by atoms with Gasteiger partial charge >= 0.3 is 0 Å². The largest absolute Gasteiger partial charge is 0.381 e. The van der Waals surface area contributed by atoms with Gasteiger partial charge in [0.25, 0.3) is 0 Å². The van der Waals surface area contributed by atoms with Crippen LogP contribution in [-0.4, -0.2) is 54.3 Å². The van der Waals surface area contributed by atoms with Gasteiger partial charge in [0, 0.05) is 50.2 Å². The lowest BCUT2D eigenvalue weighted by Gasteiger charge is -2.34. The minimum atomic E-state index is -3.07. The van der Waals surface area contributed by atoms with E-state index in [4.69, 9.17) is 4.74 Å². The van der Waals surface area contributed by atoms with Crippen molar-refractivity contribution in [1.29, 1.82) is 0 Å². The van der Waals surface area contributed by atoms with Crippen molar-refractivity contribution in [3.63, 3.8) is 0 Å². The number of aryl methyl sites for hydroxylation is 1. The quantitative estimate of drug-likeness (QED) is 0.814. The Morgan fingerprint density at radius 1 is 1.21 bits per heavy atom. The van der Waals surface area contributed by atoms with Crippen molar-refractivity contribution in [2.75, 3.05) is 32.1 Å². The van der Waals surface area contributed by atoms with Gasteiger partial charge in [0.2, 0.25) is 10.0 Å². The zero-order chi connectivity index (χ0) is 17.2. The number of hydrogen-bond donors (Lipinski definition) is 0. The van der Waals surface area contributed by atoms with E-state index >= 15 is 0 Å². The lowest BCUT2D eigenvalue weighted by Crippen LogP contribution is -2.40. The van der Waals surface area contributed by atoms with E-state index in [1.807, 2.05) is 13.1 Å². The van der Waals surface area contributed by atoms with Gasteiger partial charge in [-0.05, 0) is 39.0 Å². The van der Waals surface area contributed by atoms with E-state index in [1.54, 1.807) is 4.31 Å². The third-order valence-electron chi connectivity index (χ3n) is 5.24. The number of piperidine rings is 1. The molecule has 0 aromatic carbocycles. The first-order chi connectivity index (χ1) is 11.5. The summed E-state index contributed by atoms with van der Waals surface area (Å²) in [6.45, 7) is 6.89. The summed E-state index contributed by atoms with van der Waals surface area (Å²) in [5, 5.41) is 0. The summed E-state index contributed by atoms with van der Waals surface area (Å²) in [4.78, 5) is 4.69. The third kappa shape index (κ3) is 3.68. The Labute approximate surface area is 145 Å². The van der Waals surface area contributed by atoms with Crippen LogP contribution in [0.2, 0.25) is 0 Å². The Morgan fingerprint density at radius 2 is 1.88 bits per heavy atom. The predicted molar refractivity (Wildman–Crippen MR) is 93.7 cm³/mol. The molecule has 0 spiro atoms. The van der Waals surface area contributed by atoms with Crippen molar-refractivity contribution in [1.82, 2.24) is 13.9 Å². The first-order valence-electron chi connectivity index (χ1n) is 9.12. The summed E-state index contributed by atoms with van der Waals surface area (Å²) in [7, 11) is -3.07. The molecule has 2 aliphatic heterocycles. The van der Waals surface area contributed by atoms with E-state index in [-0.39, 0.29) is 5.75 Å². The second kappa shape index (κ2) is 7.54. The molecule has 3 heterocycles. The zero-order valence-electron chi connectivity index (χ0n) is 14.8. The molecule has 1 aromatic heterocycles. The normalized spacial score (nSPS) is 22.1. The fraction of sp³-hybridized carbons (Fsp3) is 0.824. The van der Waals surface area contributed by atoms with Crippen LogP contribution in [-0.2, 0) is 14.8 Å². The van der Waals surface area contributed by atoms with Crippen LogP contribution >= 0.6 is 0 Å². The minimum absolute atomic E-state index is 0.259. The molecule has 0 N–H and O–H groups in total. The SMILES string of the molecule is CCCS(=O)(=O)N1CCC(n2c(C)cnc2C2CCOCC2)CC1. The first-order valence-corrected chi connectivity index (χ1v) is 10.7. The molecular formula is C17H29N3O3S. The molecule has 1 aromatic rings. The monoisotopic (exact) mass is 355 g/mol. The summed E-state index contributed by atoms with van der Waals surface area (Å²) in [5.41, 5.74) is 1.19. The Kier molecular flexibility index (Phi) is 5.62. The highest BCUT2D eigenvalue weighted by Crippen LogP contribution is 2.33. The highest BCUT2D eigenvalue weighted by molar-refractivity contribution is 7.89. The number of imidazole rings is 1. The third-order valence-corrected chi connectivity index (χ3v) is 7.32. The van der Waals surface area contributed by atoms with Crippen LogP contribution in [0.1, 0.15) is 62.5 Å². The highest BCUT2D eigenvalue weighted by Gasteiger charge is 2.31. The topological polar surface area (TPSA) is 64.4 Å². The molecule has 136 valence electrons. The van der Waals surface area contributed by atoms with Crippen molar-refractivity contribution in [2.24, 2.45) is 0 Å². The number of rotatable bonds is 5. The van der Waals surface area contributed by atoms with Gasteiger partial charge in [-0.15, -0.1) is 0 Å². The second-order valence-corrected chi connectivity index (χ2v) is 9.05. The molecule has 6 nitrogen and oxygen atoms in total.